The van der Waals surface area contributed by atoms with E-state index in [1.807, 2.05) is 0 Å². The summed E-state index contributed by atoms with van der Waals surface area (Å²) in [5.41, 5.74) is -2.52. The summed E-state index contributed by atoms with van der Waals surface area (Å²) in [5, 5.41) is 10.3. The molecule has 8 atom stereocenters. The minimum absolute atomic E-state index is 0.0477. The van der Waals surface area contributed by atoms with E-state index in [4.69, 9.17) is 0 Å². The summed E-state index contributed by atoms with van der Waals surface area (Å²) in [6, 6.07) is 0. The Morgan fingerprint density at radius 2 is 1.59 bits per heavy atom. The standard InChI is InChI=1S/C22H33F3O2/c1-13(26)16-6-7-17-15-5-4-14-12-21(27,22(23,24)25)11-10-19(14,2)18(15)8-9-20(16,17)3/h14-18,27H,4-12H2,1-3H3. The second-order valence-electron chi connectivity index (χ2n) is 10.7. The molecule has 0 aliphatic heterocycles. The molecule has 0 aromatic heterocycles. The van der Waals surface area contributed by atoms with Crippen molar-refractivity contribution in [3.8, 4) is 0 Å². The Hall–Kier alpha value is -0.580. The van der Waals surface area contributed by atoms with Crippen molar-refractivity contribution in [1.29, 1.82) is 0 Å². The molecule has 0 amide bonds. The number of hydrogen-bond donors (Lipinski definition) is 1. The Bertz CT molecular complexity index is 632. The molecule has 0 bridgehead atoms. The molecule has 4 aliphatic rings. The van der Waals surface area contributed by atoms with Crippen molar-refractivity contribution < 1.29 is 23.1 Å². The lowest BCUT2D eigenvalue weighted by Crippen LogP contribution is -2.59. The number of Topliss-reactive ketones (excluding diaryl/α,β-unsaturated/α-hetero) is 1. The maximum absolute atomic E-state index is 13.4. The highest BCUT2D eigenvalue weighted by Crippen LogP contribution is 2.68. The number of carbonyl (C=O) groups is 1. The predicted molar refractivity (Wildman–Crippen MR) is 96.9 cm³/mol. The zero-order valence-corrected chi connectivity index (χ0v) is 16.7. The van der Waals surface area contributed by atoms with Gasteiger partial charge in [0.25, 0.3) is 0 Å². The third-order valence-corrected chi connectivity index (χ3v) is 9.74. The lowest BCUT2D eigenvalue weighted by molar-refractivity contribution is -0.290. The van der Waals surface area contributed by atoms with Gasteiger partial charge in [-0.05, 0) is 99.2 Å². The lowest BCUT2D eigenvalue weighted by atomic mass is 9.43. The molecule has 0 radical (unpaired) electrons. The molecule has 27 heavy (non-hydrogen) atoms. The quantitative estimate of drug-likeness (QED) is 0.643. The normalized spacial score (nSPS) is 52.6. The molecule has 154 valence electrons. The van der Waals surface area contributed by atoms with Gasteiger partial charge in [-0.15, -0.1) is 0 Å². The van der Waals surface area contributed by atoms with E-state index in [9.17, 15) is 23.1 Å². The monoisotopic (exact) mass is 386 g/mol. The maximum Gasteiger partial charge on any atom is 0.417 e. The van der Waals surface area contributed by atoms with Gasteiger partial charge in [-0.25, -0.2) is 0 Å². The molecule has 0 heterocycles. The van der Waals surface area contributed by atoms with Crippen molar-refractivity contribution in [3.63, 3.8) is 0 Å². The number of fused-ring (bicyclic) bond motifs is 5. The Labute approximate surface area is 160 Å². The molecule has 1 N–H and O–H groups in total. The Kier molecular flexibility index (Phi) is 4.36. The molecule has 4 aliphatic carbocycles. The van der Waals surface area contributed by atoms with Gasteiger partial charge in [0.05, 0.1) is 0 Å². The van der Waals surface area contributed by atoms with Gasteiger partial charge in [0.2, 0.25) is 0 Å². The van der Waals surface area contributed by atoms with Crippen LogP contribution in [0.1, 0.15) is 78.6 Å². The van der Waals surface area contributed by atoms with E-state index >= 15 is 0 Å². The van der Waals surface area contributed by atoms with E-state index in [2.05, 4.69) is 13.8 Å². The summed E-state index contributed by atoms with van der Waals surface area (Å²) in [5.74, 6) is 1.94. The first-order valence-corrected chi connectivity index (χ1v) is 10.7. The van der Waals surface area contributed by atoms with Gasteiger partial charge < -0.3 is 5.11 Å². The largest absolute Gasteiger partial charge is 0.417 e. The van der Waals surface area contributed by atoms with Crippen LogP contribution in [0.2, 0.25) is 0 Å². The van der Waals surface area contributed by atoms with Crippen LogP contribution in [-0.2, 0) is 4.79 Å². The summed E-state index contributed by atoms with van der Waals surface area (Å²) in [6.07, 6.45) is 1.51. The van der Waals surface area contributed by atoms with Crippen molar-refractivity contribution in [2.45, 2.75) is 90.3 Å². The number of alkyl halides is 3. The SMILES string of the molecule is CC(=O)C1CCC2C3CCC4CC(O)(C(F)(F)F)CCC4(C)C3CCC12C. The zero-order chi connectivity index (χ0) is 19.8. The Morgan fingerprint density at radius 1 is 0.926 bits per heavy atom. The van der Waals surface area contributed by atoms with E-state index in [1.54, 1.807) is 6.92 Å². The first kappa shape index (κ1) is 19.7. The molecule has 8 unspecified atom stereocenters. The fourth-order valence-electron chi connectivity index (χ4n) is 8.17. The van der Waals surface area contributed by atoms with Gasteiger partial charge >= 0.3 is 6.18 Å². The highest BCUT2D eigenvalue weighted by molar-refractivity contribution is 5.79. The molecule has 0 aromatic carbocycles. The lowest BCUT2D eigenvalue weighted by Gasteiger charge is -2.62. The van der Waals surface area contributed by atoms with Crippen LogP contribution in [0, 0.1) is 40.4 Å². The summed E-state index contributed by atoms with van der Waals surface area (Å²) in [4.78, 5) is 12.2. The molecule has 0 aromatic rings. The number of rotatable bonds is 1. The van der Waals surface area contributed by atoms with E-state index in [-0.39, 0.29) is 35.5 Å². The summed E-state index contributed by atoms with van der Waals surface area (Å²) < 4.78 is 40.2. The van der Waals surface area contributed by atoms with Crippen LogP contribution >= 0.6 is 0 Å². The molecular weight excluding hydrogens is 353 g/mol. The number of halogens is 3. The van der Waals surface area contributed by atoms with Gasteiger partial charge in [-0.3, -0.25) is 4.79 Å². The van der Waals surface area contributed by atoms with E-state index in [1.165, 1.54) is 0 Å². The summed E-state index contributed by atoms with van der Waals surface area (Å²) in [7, 11) is 0. The van der Waals surface area contributed by atoms with Crippen LogP contribution in [0.3, 0.4) is 0 Å². The molecular formula is C22H33F3O2. The molecule has 4 fully saturated rings. The van der Waals surface area contributed by atoms with Gasteiger partial charge in [-0.2, -0.15) is 13.2 Å². The smallest absolute Gasteiger partial charge is 0.380 e. The second-order valence-corrected chi connectivity index (χ2v) is 10.7. The van der Waals surface area contributed by atoms with E-state index < -0.39 is 11.8 Å². The fourth-order valence-corrected chi connectivity index (χ4v) is 8.17. The van der Waals surface area contributed by atoms with Crippen molar-refractivity contribution >= 4 is 5.78 Å². The van der Waals surface area contributed by atoms with Crippen LogP contribution < -0.4 is 0 Å². The average molecular weight is 386 g/mol. The first-order chi connectivity index (χ1) is 12.4. The predicted octanol–water partition coefficient (Wildman–Crippen LogP) is 5.53. The maximum atomic E-state index is 13.4. The summed E-state index contributed by atoms with van der Waals surface area (Å²) in [6.45, 7) is 6.22. The first-order valence-electron chi connectivity index (χ1n) is 10.7. The minimum atomic E-state index is -4.53. The van der Waals surface area contributed by atoms with Gasteiger partial charge in [0, 0.05) is 5.92 Å². The van der Waals surface area contributed by atoms with Crippen molar-refractivity contribution in [1.82, 2.24) is 0 Å². The number of carbonyl (C=O) groups excluding carboxylic acids is 1. The highest BCUT2D eigenvalue weighted by Gasteiger charge is 2.65. The van der Waals surface area contributed by atoms with Crippen LogP contribution in [0.4, 0.5) is 13.2 Å². The molecule has 4 rings (SSSR count). The van der Waals surface area contributed by atoms with E-state index in [0.29, 0.717) is 30.0 Å². The summed E-state index contributed by atoms with van der Waals surface area (Å²) >= 11 is 0. The van der Waals surface area contributed by atoms with Crippen LogP contribution in [0.15, 0.2) is 0 Å². The van der Waals surface area contributed by atoms with Crippen molar-refractivity contribution in [2.75, 3.05) is 0 Å². The van der Waals surface area contributed by atoms with Crippen LogP contribution in [0.5, 0.6) is 0 Å². The number of aliphatic hydroxyl groups is 1. The molecule has 0 spiro atoms. The number of hydrogen-bond acceptors (Lipinski definition) is 2. The Balaban J connectivity index is 1.59. The molecule has 0 saturated heterocycles. The van der Waals surface area contributed by atoms with Crippen molar-refractivity contribution in [3.05, 3.63) is 0 Å². The molecule has 5 heteroatoms. The minimum Gasteiger partial charge on any atom is -0.380 e. The number of ketones is 1. The third-order valence-electron chi connectivity index (χ3n) is 9.74. The molecule has 2 nitrogen and oxygen atoms in total. The van der Waals surface area contributed by atoms with E-state index in [0.717, 1.165) is 38.5 Å². The third kappa shape index (κ3) is 2.66. The average Bonchev–Trinajstić information content (AvgIpc) is 2.92. The fraction of sp³-hybridized carbons (Fsp3) is 0.955. The van der Waals surface area contributed by atoms with Gasteiger partial charge in [0.15, 0.2) is 5.60 Å². The van der Waals surface area contributed by atoms with Crippen LogP contribution in [-0.4, -0.2) is 22.7 Å². The van der Waals surface area contributed by atoms with Crippen molar-refractivity contribution in [2.24, 2.45) is 40.4 Å². The Morgan fingerprint density at radius 3 is 2.22 bits per heavy atom. The molecule has 4 saturated carbocycles. The second kappa shape index (κ2) is 5.96. The van der Waals surface area contributed by atoms with Crippen LogP contribution in [0.25, 0.3) is 0 Å². The topological polar surface area (TPSA) is 37.3 Å². The van der Waals surface area contributed by atoms with Gasteiger partial charge in [-0.1, -0.05) is 13.8 Å². The zero-order valence-electron chi connectivity index (χ0n) is 16.7. The van der Waals surface area contributed by atoms with Gasteiger partial charge in [0.1, 0.15) is 5.78 Å². The highest BCUT2D eigenvalue weighted by atomic mass is 19.4.